The molecule has 0 saturated carbocycles. The summed E-state index contributed by atoms with van der Waals surface area (Å²) in [5.41, 5.74) is 2.86. The molecule has 0 bridgehead atoms. The molecule has 0 aliphatic heterocycles. The van der Waals surface area contributed by atoms with Crippen LogP contribution in [0.5, 0.6) is 0 Å². The zero-order valence-corrected chi connectivity index (χ0v) is 15.4. The van der Waals surface area contributed by atoms with Crippen molar-refractivity contribution in [2.24, 2.45) is 0 Å². The van der Waals surface area contributed by atoms with E-state index in [1.54, 1.807) is 6.20 Å². The maximum Gasteiger partial charge on any atom is 0.302 e. The smallest absolute Gasteiger partial charge is 0.302 e. The van der Waals surface area contributed by atoms with Crippen molar-refractivity contribution >= 4 is 32.1 Å². The molecule has 0 atom stereocenters. The van der Waals surface area contributed by atoms with Crippen molar-refractivity contribution in [3.05, 3.63) is 36.0 Å². The van der Waals surface area contributed by atoms with Gasteiger partial charge in [0.2, 0.25) is 19.1 Å². The summed E-state index contributed by atoms with van der Waals surface area (Å²) in [5.74, 6) is -0.546. The summed E-state index contributed by atoms with van der Waals surface area (Å²) in [6.45, 7) is 3.38. The van der Waals surface area contributed by atoms with Gasteiger partial charge < -0.3 is 4.74 Å². The minimum atomic E-state index is -3.52. The molecule has 0 saturated heterocycles. The highest BCUT2D eigenvalue weighted by molar-refractivity contribution is 7.93. The average Bonchev–Trinajstić information content (AvgIpc) is 3.11. The van der Waals surface area contributed by atoms with Gasteiger partial charge in [-0.3, -0.25) is 4.79 Å². The van der Waals surface area contributed by atoms with Crippen LogP contribution in [0.15, 0.2) is 34.8 Å². The quantitative estimate of drug-likeness (QED) is 0.483. The Morgan fingerprint density at radius 2 is 2.00 bits per heavy atom. The molecule has 3 aromatic rings. The highest BCUT2D eigenvalue weighted by Gasteiger charge is 2.21. The lowest BCUT2D eigenvalue weighted by Gasteiger charge is -2.01. The van der Waals surface area contributed by atoms with Gasteiger partial charge in [-0.15, -0.1) is 5.10 Å². The molecule has 0 spiro atoms. The van der Waals surface area contributed by atoms with Gasteiger partial charge in [-0.05, 0) is 13.3 Å². The van der Waals surface area contributed by atoms with Crippen LogP contribution in [0.1, 0.15) is 18.9 Å². The Labute approximate surface area is 149 Å². The van der Waals surface area contributed by atoms with Crippen LogP contribution < -0.4 is 0 Å². The van der Waals surface area contributed by atoms with Gasteiger partial charge in [0.05, 0.1) is 24.3 Å². The molecule has 0 aliphatic rings. The van der Waals surface area contributed by atoms with Gasteiger partial charge in [0.25, 0.3) is 0 Å². The average molecular weight is 379 g/mol. The lowest BCUT2D eigenvalue weighted by atomic mass is 10.1. The highest BCUT2D eigenvalue weighted by Crippen LogP contribution is 2.25. The molecule has 132 valence electrons. The van der Waals surface area contributed by atoms with E-state index in [0.29, 0.717) is 4.96 Å². The first-order valence-electron chi connectivity index (χ1n) is 7.64. The summed E-state index contributed by atoms with van der Waals surface area (Å²) in [5, 5.41) is 4.14. The number of esters is 1. The third-order valence-electron chi connectivity index (χ3n) is 3.50. The van der Waals surface area contributed by atoms with E-state index in [-0.39, 0.29) is 23.1 Å². The van der Waals surface area contributed by atoms with Gasteiger partial charge in [-0.25, -0.2) is 17.9 Å². The summed E-state index contributed by atoms with van der Waals surface area (Å²) >= 11 is 1.03. The second kappa shape index (κ2) is 6.93. The van der Waals surface area contributed by atoms with Crippen LogP contribution >= 0.6 is 11.3 Å². The van der Waals surface area contributed by atoms with E-state index in [9.17, 15) is 13.2 Å². The lowest BCUT2D eigenvalue weighted by molar-refractivity contribution is -0.140. The number of imidazole rings is 1. The molecule has 0 unspecified atom stereocenters. The van der Waals surface area contributed by atoms with E-state index in [1.807, 2.05) is 31.2 Å². The van der Waals surface area contributed by atoms with Crippen LogP contribution in [-0.4, -0.2) is 41.3 Å². The number of aryl methyl sites for hydroxylation is 1. The number of fused-ring (bicyclic) bond motifs is 1. The van der Waals surface area contributed by atoms with Crippen LogP contribution in [0, 0.1) is 6.92 Å². The number of hydrogen-bond donors (Lipinski definition) is 0. The Morgan fingerprint density at radius 3 is 2.64 bits per heavy atom. The molecule has 0 fully saturated rings. The van der Waals surface area contributed by atoms with Gasteiger partial charge in [-0.2, -0.15) is 0 Å². The van der Waals surface area contributed by atoms with Crippen molar-refractivity contribution in [3.8, 4) is 11.3 Å². The monoisotopic (exact) mass is 379 g/mol. The SMILES string of the molecule is CC(=O)OCCCS(=O)(=O)c1nn2cc(-c3ccc(C)cc3)nc2s1. The van der Waals surface area contributed by atoms with E-state index in [1.165, 1.54) is 11.4 Å². The van der Waals surface area contributed by atoms with E-state index in [4.69, 9.17) is 4.74 Å². The van der Waals surface area contributed by atoms with E-state index in [0.717, 1.165) is 28.2 Å². The molecular formula is C16H17N3O4S2. The first-order chi connectivity index (χ1) is 11.8. The van der Waals surface area contributed by atoms with E-state index >= 15 is 0 Å². The van der Waals surface area contributed by atoms with Crippen LogP contribution in [0.2, 0.25) is 0 Å². The number of benzene rings is 1. The van der Waals surface area contributed by atoms with Gasteiger partial charge in [0, 0.05) is 12.5 Å². The number of ether oxygens (including phenoxy) is 1. The summed E-state index contributed by atoms with van der Waals surface area (Å²) in [7, 11) is -3.52. The Bertz CT molecular complexity index is 972. The summed E-state index contributed by atoms with van der Waals surface area (Å²) < 4.78 is 30.9. The number of aromatic nitrogens is 3. The number of hydrogen-bond acceptors (Lipinski definition) is 7. The molecule has 1 aromatic carbocycles. The zero-order chi connectivity index (χ0) is 18.0. The maximum atomic E-state index is 12.3. The standard InChI is InChI=1S/C16H17N3O4S2/c1-11-4-6-13(7-5-11)14-10-19-15(17-14)24-16(18-19)25(21,22)9-3-8-23-12(2)20/h4-7,10H,3,8-9H2,1-2H3. The Hall–Kier alpha value is -2.26. The number of sulfone groups is 1. The van der Waals surface area contributed by atoms with Crippen molar-refractivity contribution < 1.29 is 17.9 Å². The van der Waals surface area contributed by atoms with Gasteiger partial charge in [0.15, 0.2) is 0 Å². The molecule has 9 heteroatoms. The van der Waals surface area contributed by atoms with Gasteiger partial charge in [0.1, 0.15) is 0 Å². The van der Waals surface area contributed by atoms with E-state index < -0.39 is 15.8 Å². The molecule has 3 rings (SSSR count). The molecule has 7 nitrogen and oxygen atoms in total. The predicted molar refractivity (Wildman–Crippen MR) is 94.3 cm³/mol. The Morgan fingerprint density at radius 1 is 1.28 bits per heavy atom. The van der Waals surface area contributed by atoms with Gasteiger partial charge in [-0.1, -0.05) is 41.2 Å². The van der Waals surface area contributed by atoms with Crippen molar-refractivity contribution in [2.75, 3.05) is 12.4 Å². The fourth-order valence-corrected chi connectivity index (χ4v) is 4.71. The van der Waals surface area contributed by atoms with Gasteiger partial charge >= 0.3 is 5.97 Å². The molecule has 0 aliphatic carbocycles. The number of carbonyl (C=O) groups is 1. The minimum absolute atomic E-state index is 0.0216. The topological polar surface area (TPSA) is 90.6 Å². The number of nitrogens with zero attached hydrogens (tertiary/aromatic N) is 3. The molecule has 2 aromatic heterocycles. The fourth-order valence-electron chi connectivity index (χ4n) is 2.22. The Balaban J connectivity index is 1.76. The second-order valence-corrected chi connectivity index (χ2v) is 8.84. The number of carbonyl (C=O) groups excluding carboxylic acids is 1. The van der Waals surface area contributed by atoms with Crippen molar-refractivity contribution in [1.82, 2.24) is 14.6 Å². The molecule has 0 amide bonds. The first kappa shape index (κ1) is 17.6. The van der Waals surface area contributed by atoms with Crippen molar-refractivity contribution in [1.29, 1.82) is 0 Å². The van der Waals surface area contributed by atoms with Crippen LogP contribution in [0.3, 0.4) is 0 Å². The first-order valence-corrected chi connectivity index (χ1v) is 10.1. The van der Waals surface area contributed by atoms with Crippen molar-refractivity contribution in [2.45, 2.75) is 24.6 Å². The summed E-state index contributed by atoms with van der Waals surface area (Å²) in [6.07, 6.45) is 1.95. The number of rotatable bonds is 6. The maximum absolute atomic E-state index is 12.3. The molecule has 25 heavy (non-hydrogen) atoms. The molecule has 0 radical (unpaired) electrons. The summed E-state index contributed by atoms with van der Waals surface area (Å²) in [4.78, 5) is 15.7. The fraction of sp³-hybridized carbons (Fsp3) is 0.312. The van der Waals surface area contributed by atoms with Crippen LogP contribution in [0.4, 0.5) is 0 Å². The second-order valence-electron chi connectivity index (χ2n) is 5.60. The van der Waals surface area contributed by atoms with Crippen LogP contribution in [-0.2, 0) is 19.4 Å². The molecule has 2 heterocycles. The normalized spacial score (nSPS) is 11.8. The van der Waals surface area contributed by atoms with E-state index in [2.05, 4.69) is 10.1 Å². The largest absolute Gasteiger partial charge is 0.466 e. The third kappa shape index (κ3) is 4.05. The van der Waals surface area contributed by atoms with Crippen LogP contribution in [0.25, 0.3) is 16.2 Å². The Kier molecular flexibility index (Phi) is 4.87. The molecule has 0 N–H and O–H groups in total. The summed E-state index contributed by atoms with van der Waals surface area (Å²) in [6, 6.07) is 7.92. The molecular weight excluding hydrogens is 362 g/mol. The lowest BCUT2D eigenvalue weighted by Crippen LogP contribution is -2.10. The highest BCUT2D eigenvalue weighted by atomic mass is 32.2. The van der Waals surface area contributed by atoms with Crippen molar-refractivity contribution in [3.63, 3.8) is 0 Å². The third-order valence-corrected chi connectivity index (χ3v) is 6.67. The zero-order valence-electron chi connectivity index (χ0n) is 13.8. The predicted octanol–water partition coefficient (Wildman–Crippen LogP) is 2.49. The minimum Gasteiger partial charge on any atom is -0.466 e.